The zero-order valence-electron chi connectivity index (χ0n) is 29.0. The van der Waals surface area contributed by atoms with E-state index in [1.54, 1.807) is 42.5 Å². The van der Waals surface area contributed by atoms with Gasteiger partial charge in [0.1, 0.15) is 18.3 Å². The molecule has 2 amide bonds. The van der Waals surface area contributed by atoms with Crippen molar-refractivity contribution in [3.8, 4) is 17.2 Å². The van der Waals surface area contributed by atoms with Crippen molar-refractivity contribution in [3.05, 3.63) is 113 Å². The van der Waals surface area contributed by atoms with Gasteiger partial charge in [-0.05, 0) is 79.9 Å². The number of hydrogen-bond donors (Lipinski definition) is 1. The van der Waals surface area contributed by atoms with Crippen LogP contribution in [0.1, 0.15) is 38.3 Å². The van der Waals surface area contributed by atoms with E-state index in [9.17, 15) is 18.0 Å². The highest BCUT2D eigenvalue weighted by Gasteiger charge is 2.35. The minimum absolute atomic E-state index is 0.00164. The van der Waals surface area contributed by atoms with Gasteiger partial charge in [0.15, 0.2) is 11.5 Å². The number of rotatable bonds is 17. The Bertz CT molecular complexity index is 1840. The summed E-state index contributed by atoms with van der Waals surface area (Å²) in [6, 6.07) is 25.9. The Hall–Kier alpha value is -4.74. The van der Waals surface area contributed by atoms with Gasteiger partial charge < -0.3 is 24.4 Å². The molecule has 1 N–H and O–H groups in total. The summed E-state index contributed by atoms with van der Waals surface area (Å²) in [6.45, 7) is 5.50. The average molecular weight is 722 g/mol. The molecule has 0 aromatic heterocycles. The molecule has 4 rings (SSSR count). The first-order chi connectivity index (χ1) is 24.0. The van der Waals surface area contributed by atoms with E-state index in [1.807, 2.05) is 57.2 Å². The third-order valence-corrected chi connectivity index (χ3v) is 10.2. The lowest BCUT2D eigenvalue weighted by Gasteiger charge is -2.34. The van der Waals surface area contributed by atoms with Crippen molar-refractivity contribution in [1.29, 1.82) is 0 Å². The van der Waals surface area contributed by atoms with Crippen molar-refractivity contribution >= 4 is 39.1 Å². The fourth-order valence-corrected chi connectivity index (χ4v) is 6.98. The van der Waals surface area contributed by atoms with Crippen LogP contribution in [0.5, 0.6) is 17.2 Å². The second kappa shape index (κ2) is 17.8. The predicted molar refractivity (Wildman–Crippen MR) is 196 cm³/mol. The van der Waals surface area contributed by atoms with Crippen molar-refractivity contribution in [2.24, 2.45) is 0 Å². The van der Waals surface area contributed by atoms with Crippen LogP contribution in [-0.4, -0.2) is 64.6 Å². The molecular formula is C38H44ClN3O7S. The maximum Gasteiger partial charge on any atom is 0.264 e. The molecule has 50 heavy (non-hydrogen) atoms. The Morgan fingerprint density at radius 1 is 0.840 bits per heavy atom. The number of benzene rings is 4. The van der Waals surface area contributed by atoms with Gasteiger partial charge in [-0.3, -0.25) is 13.9 Å². The first kappa shape index (κ1) is 38.1. The standard InChI is InChI=1S/C38H44ClN3O7S/c1-6-27(3)40-38(44)34(23-28-12-9-8-10-13-28)41(25-29-14-11-15-30(39)22-29)37(43)26-42(31-16-18-32(19-17-31)49-7-2)50(45,46)33-20-21-35(47-4)36(24-33)48-5/h8-22,24,27,34H,6-7,23,25-26H2,1-5H3,(H,40,44). The fraction of sp³-hybridized carbons (Fsp3) is 0.316. The second-order valence-corrected chi connectivity index (χ2v) is 13.9. The highest BCUT2D eigenvalue weighted by atomic mass is 35.5. The fourth-order valence-electron chi connectivity index (χ4n) is 5.34. The molecule has 0 fully saturated rings. The summed E-state index contributed by atoms with van der Waals surface area (Å²) in [4.78, 5) is 30.1. The number of halogens is 1. The number of nitrogens with one attached hydrogen (secondary N) is 1. The molecule has 4 aromatic carbocycles. The van der Waals surface area contributed by atoms with Crippen LogP contribution in [0, 0.1) is 0 Å². The van der Waals surface area contributed by atoms with Gasteiger partial charge in [-0.2, -0.15) is 0 Å². The maximum atomic E-state index is 14.7. The Morgan fingerprint density at radius 2 is 1.52 bits per heavy atom. The summed E-state index contributed by atoms with van der Waals surface area (Å²) in [5, 5.41) is 3.50. The molecule has 0 saturated carbocycles. The van der Waals surface area contributed by atoms with Gasteiger partial charge in [-0.25, -0.2) is 8.42 Å². The van der Waals surface area contributed by atoms with Crippen LogP contribution in [-0.2, 0) is 32.6 Å². The van der Waals surface area contributed by atoms with Crippen molar-refractivity contribution < 1.29 is 32.2 Å². The van der Waals surface area contributed by atoms with Crippen LogP contribution in [0.2, 0.25) is 5.02 Å². The lowest BCUT2D eigenvalue weighted by atomic mass is 10.0. The van der Waals surface area contributed by atoms with Gasteiger partial charge in [-0.15, -0.1) is 0 Å². The summed E-state index contributed by atoms with van der Waals surface area (Å²) in [5.74, 6) is 0.146. The van der Waals surface area contributed by atoms with E-state index >= 15 is 0 Å². The lowest BCUT2D eigenvalue weighted by molar-refractivity contribution is -0.140. The van der Waals surface area contributed by atoms with Crippen molar-refractivity contribution in [2.45, 2.75) is 57.1 Å². The van der Waals surface area contributed by atoms with E-state index < -0.39 is 28.5 Å². The highest BCUT2D eigenvalue weighted by Crippen LogP contribution is 2.33. The minimum atomic E-state index is -4.38. The van der Waals surface area contributed by atoms with E-state index in [2.05, 4.69) is 5.32 Å². The molecule has 2 unspecified atom stereocenters. The number of hydrogen-bond acceptors (Lipinski definition) is 7. The largest absolute Gasteiger partial charge is 0.494 e. The third-order valence-electron chi connectivity index (χ3n) is 8.17. The molecule has 0 radical (unpaired) electrons. The number of carbonyl (C=O) groups is 2. The van der Waals surface area contributed by atoms with Gasteiger partial charge in [-0.1, -0.05) is 61.0 Å². The molecule has 0 aliphatic carbocycles. The first-order valence-corrected chi connectivity index (χ1v) is 18.2. The van der Waals surface area contributed by atoms with Crippen LogP contribution in [0.3, 0.4) is 0 Å². The summed E-state index contributed by atoms with van der Waals surface area (Å²) in [7, 11) is -1.52. The van der Waals surface area contributed by atoms with Crippen LogP contribution >= 0.6 is 11.6 Å². The minimum Gasteiger partial charge on any atom is -0.494 e. The number of carbonyl (C=O) groups excluding carboxylic acids is 2. The quantitative estimate of drug-likeness (QED) is 0.132. The van der Waals surface area contributed by atoms with Gasteiger partial charge >= 0.3 is 0 Å². The monoisotopic (exact) mass is 721 g/mol. The van der Waals surface area contributed by atoms with E-state index in [1.165, 1.54) is 37.3 Å². The van der Waals surface area contributed by atoms with Crippen LogP contribution in [0.4, 0.5) is 5.69 Å². The molecular weight excluding hydrogens is 678 g/mol. The van der Waals surface area contributed by atoms with Gasteiger partial charge in [0.25, 0.3) is 10.0 Å². The van der Waals surface area contributed by atoms with E-state index in [-0.39, 0.29) is 41.2 Å². The number of amides is 2. The molecule has 0 aliphatic rings. The number of nitrogens with zero attached hydrogens (tertiary/aromatic N) is 2. The normalized spacial score (nSPS) is 12.4. The Morgan fingerprint density at radius 3 is 2.14 bits per heavy atom. The summed E-state index contributed by atoms with van der Waals surface area (Å²) in [5.41, 5.74) is 1.74. The Balaban J connectivity index is 1.84. The molecule has 12 heteroatoms. The third kappa shape index (κ3) is 9.70. The van der Waals surface area contributed by atoms with Crippen LogP contribution in [0.15, 0.2) is 102 Å². The molecule has 0 aliphatic heterocycles. The molecule has 266 valence electrons. The van der Waals surface area contributed by atoms with Crippen LogP contribution in [0.25, 0.3) is 0 Å². The number of sulfonamides is 1. The number of anilines is 1. The molecule has 2 atom stereocenters. The number of ether oxygens (including phenoxy) is 3. The zero-order chi connectivity index (χ0) is 36.3. The van der Waals surface area contributed by atoms with Gasteiger partial charge in [0.05, 0.1) is 31.4 Å². The first-order valence-electron chi connectivity index (χ1n) is 16.4. The molecule has 0 spiro atoms. The van der Waals surface area contributed by atoms with E-state index in [0.717, 1.165) is 9.87 Å². The van der Waals surface area contributed by atoms with Crippen molar-refractivity contribution in [1.82, 2.24) is 10.2 Å². The predicted octanol–water partition coefficient (Wildman–Crippen LogP) is 6.51. The van der Waals surface area contributed by atoms with E-state index in [0.29, 0.717) is 35.1 Å². The van der Waals surface area contributed by atoms with E-state index in [4.69, 9.17) is 25.8 Å². The SMILES string of the molecule is CCOc1ccc(N(CC(=O)N(Cc2cccc(Cl)c2)C(Cc2ccccc2)C(=O)NC(C)CC)S(=O)(=O)c2ccc(OC)c(OC)c2)cc1. The Kier molecular flexibility index (Phi) is 13.5. The maximum absolute atomic E-state index is 14.7. The van der Waals surface area contributed by atoms with Gasteiger partial charge in [0.2, 0.25) is 11.8 Å². The zero-order valence-corrected chi connectivity index (χ0v) is 30.5. The molecule has 4 aromatic rings. The van der Waals surface area contributed by atoms with Gasteiger partial charge in [0, 0.05) is 30.1 Å². The van der Waals surface area contributed by atoms with Crippen LogP contribution < -0.4 is 23.8 Å². The topological polar surface area (TPSA) is 114 Å². The Labute approximate surface area is 300 Å². The second-order valence-electron chi connectivity index (χ2n) is 11.6. The average Bonchev–Trinajstić information content (AvgIpc) is 3.12. The summed E-state index contributed by atoms with van der Waals surface area (Å²) in [6.07, 6.45) is 0.877. The highest BCUT2D eigenvalue weighted by molar-refractivity contribution is 7.92. The molecule has 0 saturated heterocycles. The smallest absolute Gasteiger partial charge is 0.264 e. The van der Waals surface area contributed by atoms with Crippen molar-refractivity contribution in [2.75, 3.05) is 31.7 Å². The molecule has 0 heterocycles. The molecule has 0 bridgehead atoms. The van der Waals surface area contributed by atoms with Crippen molar-refractivity contribution in [3.63, 3.8) is 0 Å². The summed E-state index contributed by atoms with van der Waals surface area (Å²) >= 11 is 6.34. The summed E-state index contributed by atoms with van der Waals surface area (Å²) < 4.78 is 46.3. The molecule has 10 nitrogen and oxygen atoms in total. The lowest BCUT2D eigenvalue weighted by Crippen LogP contribution is -2.54. The number of methoxy groups -OCH3 is 2.